The Morgan fingerprint density at radius 3 is 2.70 bits per heavy atom. The lowest BCUT2D eigenvalue weighted by Gasteiger charge is -2.59. The number of rotatable bonds is 2. The van der Waals surface area contributed by atoms with Crippen molar-refractivity contribution < 1.29 is 10.2 Å². The predicted octanol–water partition coefficient (Wildman–Crippen LogP) is 4.31. The fourth-order valence-electron chi connectivity index (χ4n) is 7.25. The van der Waals surface area contributed by atoms with Gasteiger partial charge in [-0.3, -0.25) is 0 Å². The van der Waals surface area contributed by atoms with E-state index in [1.165, 1.54) is 57.8 Å². The summed E-state index contributed by atoms with van der Waals surface area (Å²) in [6.45, 7) is 4.94. The van der Waals surface area contributed by atoms with E-state index in [1.807, 2.05) is 0 Å². The molecule has 7 atom stereocenters. The highest BCUT2D eigenvalue weighted by molar-refractivity contribution is 5.26. The van der Waals surface area contributed by atoms with E-state index in [1.54, 1.807) is 5.57 Å². The average molecular weight is 319 g/mol. The maximum atomic E-state index is 10.6. The van der Waals surface area contributed by atoms with Crippen LogP contribution in [0.15, 0.2) is 11.6 Å². The van der Waals surface area contributed by atoms with Crippen molar-refractivity contribution >= 4 is 0 Å². The van der Waals surface area contributed by atoms with Gasteiger partial charge < -0.3 is 10.2 Å². The molecule has 0 bridgehead atoms. The van der Waals surface area contributed by atoms with Gasteiger partial charge in [0, 0.05) is 5.92 Å². The van der Waals surface area contributed by atoms with Crippen LogP contribution in [0.25, 0.3) is 0 Å². The van der Waals surface area contributed by atoms with Crippen LogP contribution in [0, 0.1) is 34.5 Å². The van der Waals surface area contributed by atoms with Crippen LogP contribution in [0.4, 0.5) is 0 Å². The first kappa shape index (κ1) is 16.1. The first-order valence-electron chi connectivity index (χ1n) is 10.00. The molecular weight excluding hydrogens is 284 g/mol. The summed E-state index contributed by atoms with van der Waals surface area (Å²) in [5.74, 6) is 2.26. The molecule has 0 aromatic rings. The van der Waals surface area contributed by atoms with Gasteiger partial charge in [-0.1, -0.05) is 38.3 Å². The van der Waals surface area contributed by atoms with Gasteiger partial charge in [0.2, 0.25) is 0 Å². The molecule has 2 nitrogen and oxygen atoms in total. The SMILES string of the molecule is C[C@@]12CCC[C@H]1[C@@H]1C(C(O)CO)C=C3CCCC[C@]3(C)[C@@H]1CC2. The van der Waals surface area contributed by atoms with Crippen LogP contribution >= 0.6 is 0 Å². The molecule has 0 aliphatic heterocycles. The summed E-state index contributed by atoms with van der Waals surface area (Å²) >= 11 is 0. The highest BCUT2D eigenvalue weighted by atomic mass is 16.3. The summed E-state index contributed by atoms with van der Waals surface area (Å²) in [5, 5.41) is 20.3. The number of fused-ring (bicyclic) bond motifs is 5. The Balaban J connectivity index is 1.78. The molecule has 3 saturated carbocycles. The number of aliphatic hydroxyl groups excluding tert-OH is 2. The van der Waals surface area contributed by atoms with E-state index in [4.69, 9.17) is 0 Å². The van der Waals surface area contributed by atoms with Crippen molar-refractivity contribution in [3.05, 3.63) is 11.6 Å². The van der Waals surface area contributed by atoms with E-state index in [0.717, 1.165) is 11.8 Å². The van der Waals surface area contributed by atoms with Gasteiger partial charge >= 0.3 is 0 Å². The molecule has 0 spiro atoms. The number of hydrogen-bond donors (Lipinski definition) is 2. The molecule has 130 valence electrons. The Bertz CT molecular complexity index is 498. The maximum Gasteiger partial charge on any atom is 0.0836 e. The van der Waals surface area contributed by atoms with E-state index in [9.17, 15) is 10.2 Å². The zero-order valence-corrected chi connectivity index (χ0v) is 14.9. The minimum absolute atomic E-state index is 0.0855. The van der Waals surface area contributed by atoms with Gasteiger partial charge in [-0.2, -0.15) is 0 Å². The van der Waals surface area contributed by atoms with E-state index >= 15 is 0 Å². The van der Waals surface area contributed by atoms with Gasteiger partial charge in [0.15, 0.2) is 0 Å². The van der Waals surface area contributed by atoms with Crippen LogP contribution in [0.1, 0.15) is 71.6 Å². The molecule has 4 aliphatic carbocycles. The van der Waals surface area contributed by atoms with Crippen molar-refractivity contribution in [3.8, 4) is 0 Å². The van der Waals surface area contributed by atoms with Gasteiger partial charge in [0.1, 0.15) is 0 Å². The lowest BCUT2D eigenvalue weighted by Crippen LogP contribution is -2.53. The second kappa shape index (κ2) is 5.59. The van der Waals surface area contributed by atoms with Crippen LogP contribution in [-0.4, -0.2) is 22.9 Å². The first-order chi connectivity index (χ1) is 11.0. The van der Waals surface area contributed by atoms with E-state index in [2.05, 4.69) is 19.9 Å². The Kier molecular flexibility index (Phi) is 3.93. The summed E-state index contributed by atoms with van der Waals surface area (Å²) in [6.07, 6.45) is 13.9. The Labute approximate surface area is 141 Å². The number of allylic oxidation sites excluding steroid dienone is 1. The van der Waals surface area contributed by atoms with Gasteiger partial charge in [-0.15, -0.1) is 0 Å². The van der Waals surface area contributed by atoms with Crippen molar-refractivity contribution in [2.24, 2.45) is 34.5 Å². The molecule has 4 aliphatic rings. The Hall–Kier alpha value is -0.340. The quantitative estimate of drug-likeness (QED) is 0.745. The monoisotopic (exact) mass is 318 g/mol. The van der Waals surface area contributed by atoms with Crippen LogP contribution in [-0.2, 0) is 0 Å². The predicted molar refractivity (Wildman–Crippen MR) is 92.9 cm³/mol. The number of hydrogen-bond acceptors (Lipinski definition) is 2. The molecule has 0 saturated heterocycles. The summed E-state index contributed by atoms with van der Waals surface area (Å²) in [5.41, 5.74) is 2.48. The molecule has 3 fully saturated rings. The summed E-state index contributed by atoms with van der Waals surface area (Å²) < 4.78 is 0. The van der Waals surface area contributed by atoms with Gasteiger partial charge in [-0.05, 0) is 73.5 Å². The second-order valence-corrected chi connectivity index (χ2v) is 9.52. The zero-order valence-electron chi connectivity index (χ0n) is 14.9. The van der Waals surface area contributed by atoms with E-state index < -0.39 is 6.10 Å². The topological polar surface area (TPSA) is 40.5 Å². The maximum absolute atomic E-state index is 10.6. The Morgan fingerprint density at radius 2 is 1.91 bits per heavy atom. The number of aliphatic hydroxyl groups is 2. The lowest BCUT2D eigenvalue weighted by atomic mass is 9.45. The van der Waals surface area contributed by atoms with E-state index in [0.29, 0.717) is 16.7 Å². The third kappa shape index (κ3) is 2.28. The molecule has 0 aromatic carbocycles. The lowest BCUT2D eigenvalue weighted by molar-refractivity contribution is -0.0831. The van der Waals surface area contributed by atoms with E-state index in [-0.39, 0.29) is 12.5 Å². The molecule has 4 rings (SSSR count). The van der Waals surface area contributed by atoms with Crippen LogP contribution in [0.5, 0.6) is 0 Å². The van der Waals surface area contributed by atoms with Crippen molar-refractivity contribution in [2.75, 3.05) is 6.61 Å². The molecule has 23 heavy (non-hydrogen) atoms. The van der Waals surface area contributed by atoms with Crippen molar-refractivity contribution in [3.63, 3.8) is 0 Å². The third-order valence-electron chi connectivity index (χ3n) is 8.53. The second-order valence-electron chi connectivity index (χ2n) is 9.52. The Morgan fingerprint density at radius 1 is 1.09 bits per heavy atom. The minimum atomic E-state index is -0.565. The van der Waals surface area contributed by atoms with Crippen molar-refractivity contribution in [2.45, 2.75) is 77.7 Å². The smallest absolute Gasteiger partial charge is 0.0836 e. The van der Waals surface area contributed by atoms with Gasteiger partial charge in [0.05, 0.1) is 12.7 Å². The molecule has 0 aromatic heterocycles. The first-order valence-corrected chi connectivity index (χ1v) is 10.00. The molecule has 0 amide bonds. The van der Waals surface area contributed by atoms with Crippen LogP contribution < -0.4 is 0 Å². The fourth-order valence-corrected chi connectivity index (χ4v) is 7.25. The van der Waals surface area contributed by atoms with Gasteiger partial charge in [-0.25, -0.2) is 0 Å². The standard InChI is InChI=1S/C21H34O2/c1-20-9-5-7-16(20)19-15(18(23)13-22)12-14-6-3-4-10-21(14,2)17(19)8-11-20/h12,15-19,22-23H,3-11,13H2,1-2H3/t15?,16-,17+,18?,19-,20-,21-/m0/s1. The van der Waals surface area contributed by atoms with Crippen LogP contribution in [0.3, 0.4) is 0 Å². The van der Waals surface area contributed by atoms with Crippen molar-refractivity contribution in [1.82, 2.24) is 0 Å². The highest BCUT2D eigenvalue weighted by Gasteiger charge is 2.58. The summed E-state index contributed by atoms with van der Waals surface area (Å²) in [4.78, 5) is 0. The molecule has 2 unspecified atom stereocenters. The van der Waals surface area contributed by atoms with Crippen LogP contribution in [0.2, 0.25) is 0 Å². The molecule has 2 N–H and O–H groups in total. The molecule has 0 radical (unpaired) electrons. The molecular formula is C21H34O2. The molecule has 2 heteroatoms. The average Bonchev–Trinajstić information content (AvgIpc) is 2.94. The largest absolute Gasteiger partial charge is 0.394 e. The van der Waals surface area contributed by atoms with Gasteiger partial charge in [0.25, 0.3) is 0 Å². The summed E-state index contributed by atoms with van der Waals surface area (Å²) in [6, 6.07) is 0. The summed E-state index contributed by atoms with van der Waals surface area (Å²) in [7, 11) is 0. The zero-order chi connectivity index (χ0) is 16.2. The van der Waals surface area contributed by atoms with Crippen molar-refractivity contribution in [1.29, 1.82) is 0 Å². The normalized spacial score (nSPS) is 50.5. The highest BCUT2D eigenvalue weighted by Crippen LogP contribution is 2.66. The molecule has 0 heterocycles. The third-order valence-corrected chi connectivity index (χ3v) is 8.53. The minimum Gasteiger partial charge on any atom is -0.394 e. The fraction of sp³-hybridized carbons (Fsp3) is 0.905.